The molecule has 2 aliphatic heterocycles. The van der Waals surface area contributed by atoms with Crippen LogP contribution in [0.5, 0.6) is 0 Å². The molecule has 0 atom stereocenters. The Hall–Kier alpha value is -3.56. The lowest BCUT2D eigenvalue weighted by atomic mass is 9.91. The van der Waals surface area contributed by atoms with Crippen LogP contribution >= 0.6 is 0 Å². The summed E-state index contributed by atoms with van der Waals surface area (Å²) in [7, 11) is 0. The van der Waals surface area contributed by atoms with Crippen LogP contribution in [0.2, 0.25) is 0 Å². The van der Waals surface area contributed by atoms with E-state index in [1.54, 1.807) is 23.1 Å². The predicted octanol–water partition coefficient (Wildman–Crippen LogP) is 2.39. The summed E-state index contributed by atoms with van der Waals surface area (Å²) < 4.78 is 1.48. The Labute approximate surface area is 224 Å². The molecule has 4 rings (SSSR count). The molecule has 1 amide bonds. The molecule has 1 N–H and O–H groups in total. The topological polar surface area (TPSA) is 94.8 Å². The van der Waals surface area contributed by atoms with Crippen LogP contribution in [-0.2, 0) is 17.9 Å². The third-order valence-corrected chi connectivity index (χ3v) is 7.41. The smallest absolute Gasteiger partial charge is 0.255 e. The third kappa shape index (κ3) is 7.26. The zero-order valence-corrected chi connectivity index (χ0v) is 22.0. The molecule has 0 aliphatic carbocycles. The first-order chi connectivity index (χ1) is 18.4. The standard InChI is InChI=1S/C29H38N6O3/c1-3-7-24(4-2)9-10-27(36)34-14-11-29(38,12-15-34)22-35-23-31-26(20-28(35)37)33-18-16-32(17-19-33)21-25-8-5-6-13-30-25/h3-8,13,20,23,38H,1-2,9-12,14-19,21-22H2/b24-7+. The summed E-state index contributed by atoms with van der Waals surface area (Å²) in [5.74, 6) is 0.729. The molecule has 4 heterocycles. The fourth-order valence-corrected chi connectivity index (χ4v) is 5.03. The Morgan fingerprint density at radius 1 is 1.05 bits per heavy atom. The zero-order chi connectivity index (χ0) is 27.0. The Bertz CT molecular complexity index is 1190. The summed E-state index contributed by atoms with van der Waals surface area (Å²) in [6, 6.07) is 7.51. The van der Waals surface area contributed by atoms with Gasteiger partial charge in [0, 0.05) is 64.5 Å². The van der Waals surface area contributed by atoms with E-state index in [2.05, 4.69) is 32.9 Å². The van der Waals surface area contributed by atoms with Gasteiger partial charge in [0.05, 0.1) is 24.2 Å². The highest BCUT2D eigenvalue weighted by Gasteiger charge is 2.34. The lowest BCUT2D eigenvalue weighted by molar-refractivity contribution is -0.135. The van der Waals surface area contributed by atoms with Crippen molar-refractivity contribution in [3.05, 3.63) is 89.8 Å². The van der Waals surface area contributed by atoms with Gasteiger partial charge in [0.25, 0.3) is 5.56 Å². The molecule has 2 fully saturated rings. The minimum atomic E-state index is -1.05. The van der Waals surface area contributed by atoms with Crippen LogP contribution in [0.25, 0.3) is 0 Å². The van der Waals surface area contributed by atoms with Gasteiger partial charge in [-0.25, -0.2) is 4.98 Å². The van der Waals surface area contributed by atoms with Crippen molar-refractivity contribution in [3.63, 3.8) is 0 Å². The average Bonchev–Trinajstić information content (AvgIpc) is 2.93. The van der Waals surface area contributed by atoms with E-state index in [0.717, 1.165) is 44.0 Å². The van der Waals surface area contributed by atoms with Gasteiger partial charge in [-0.15, -0.1) is 0 Å². The van der Waals surface area contributed by atoms with Crippen molar-refractivity contribution in [1.82, 2.24) is 24.3 Å². The number of likely N-dealkylation sites (tertiary alicyclic amines) is 1. The Morgan fingerprint density at radius 3 is 2.45 bits per heavy atom. The SMILES string of the molecule is C=C/C=C(\C=C)CCC(=O)N1CCC(O)(Cn2cnc(N3CCN(Cc4ccccn4)CC3)cc2=O)CC1. The number of rotatable bonds is 10. The summed E-state index contributed by atoms with van der Waals surface area (Å²) >= 11 is 0. The number of piperazine rings is 1. The first kappa shape index (κ1) is 27.5. The maximum absolute atomic E-state index is 12.9. The van der Waals surface area contributed by atoms with Crippen molar-refractivity contribution in [2.75, 3.05) is 44.2 Å². The van der Waals surface area contributed by atoms with E-state index in [1.165, 1.54) is 10.9 Å². The van der Waals surface area contributed by atoms with Gasteiger partial charge in [-0.1, -0.05) is 37.5 Å². The molecule has 0 saturated carbocycles. The summed E-state index contributed by atoms with van der Waals surface area (Å²) in [6.45, 7) is 12.7. The van der Waals surface area contributed by atoms with Crippen LogP contribution in [0, 0.1) is 0 Å². The van der Waals surface area contributed by atoms with E-state index in [4.69, 9.17) is 0 Å². The van der Waals surface area contributed by atoms with E-state index >= 15 is 0 Å². The molecule has 0 bridgehead atoms. The van der Waals surface area contributed by atoms with E-state index in [1.807, 2.05) is 30.5 Å². The number of amides is 1. The summed E-state index contributed by atoms with van der Waals surface area (Å²) in [5.41, 5.74) is 0.806. The summed E-state index contributed by atoms with van der Waals surface area (Å²) in [6.07, 6.45) is 10.5. The van der Waals surface area contributed by atoms with Gasteiger partial charge in [0.15, 0.2) is 0 Å². The highest BCUT2D eigenvalue weighted by atomic mass is 16.3. The third-order valence-electron chi connectivity index (χ3n) is 7.41. The zero-order valence-electron chi connectivity index (χ0n) is 22.0. The Kier molecular flexibility index (Phi) is 9.25. The van der Waals surface area contributed by atoms with E-state index in [0.29, 0.717) is 44.6 Å². The maximum Gasteiger partial charge on any atom is 0.255 e. The van der Waals surface area contributed by atoms with Gasteiger partial charge in [0.1, 0.15) is 5.82 Å². The van der Waals surface area contributed by atoms with Gasteiger partial charge in [-0.05, 0) is 37.0 Å². The van der Waals surface area contributed by atoms with E-state index in [-0.39, 0.29) is 18.0 Å². The monoisotopic (exact) mass is 518 g/mol. The van der Waals surface area contributed by atoms with Crippen molar-refractivity contribution in [1.29, 1.82) is 0 Å². The van der Waals surface area contributed by atoms with E-state index in [9.17, 15) is 14.7 Å². The first-order valence-corrected chi connectivity index (χ1v) is 13.3. The number of nitrogens with zero attached hydrogens (tertiary/aromatic N) is 6. The quantitative estimate of drug-likeness (QED) is 0.483. The van der Waals surface area contributed by atoms with Gasteiger partial charge in [0.2, 0.25) is 5.91 Å². The molecule has 2 aromatic rings. The fraction of sp³-hybridized carbons (Fsp3) is 0.448. The number of piperidine rings is 1. The molecule has 0 aromatic carbocycles. The molecule has 2 saturated heterocycles. The second-order valence-electron chi connectivity index (χ2n) is 10.1. The maximum atomic E-state index is 12.9. The van der Waals surface area contributed by atoms with Crippen LogP contribution in [-0.4, -0.2) is 80.2 Å². The minimum Gasteiger partial charge on any atom is -0.388 e. The van der Waals surface area contributed by atoms with Gasteiger partial charge in [-0.3, -0.25) is 24.0 Å². The largest absolute Gasteiger partial charge is 0.388 e. The fourth-order valence-electron chi connectivity index (χ4n) is 5.03. The highest BCUT2D eigenvalue weighted by molar-refractivity contribution is 5.76. The molecule has 0 radical (unpaired) electrons. The van der Waals surface area contributed by atoms with Gasteiger partial charge in [-0.2, -0.15) is 0 Å². The number of hydrogen-bond donors (Lipinski definition) is 1. The first-order valence-electron chi connectivity index (χ1n) is 13.3. The Balaban J connectivity index is 1.26. The van der Waals surface area contributed by atoms with Gasteiger partial charge < -0.3 is 14.9 Å². The number of aromatic nitrogens is 3. The second-order valence-corrected chi connectivity index (χ2v) is 10.1. The molecule has 2 aromatic heterocycles. The molecule has 0 unspecified atom stereocenters. The predicted molar refractivity (Wildman–Crippen MR) is 149 cm³/mol. The van der Waals surface area contributed by atoms with Crippen LogP contribution in [0.4, 0.5) is 5.82 Å². The van der Waals surface area contributed by atoms with Crippen LogP contribution in [0.1, 0.15) is 31.4 Å². The molecule has 202 valence electrons. The highest BCUT2D eigenvalue weighted by Crippen LogP contribution is 2.25. The number of anilines is 1. The number of carbonyl (C=O) groups is 1. The van der Waals surface area contributed by atoms with Crippen LogP contribution in [0.15, 0.2) is 78.5 Å². The number of allylic oxidation sites excluding steroid dienone is 4. The lowest BCUT2D eigenvalue weighted by Gasteiger charge is -2.38. The van der Waals surface area contributed by atoms with Crippen molar-refractivity contribution < 1.29 is 9.90 Å². The minimum absolute atomic E-state index is 0.0622. The molecule has 38 heavy (non-hydrogen) atoms. The average molecular weight is 519 g/mol. The van der Waals surface area contributed by atoms with Crippen molar-refractivity contribution in [2.24, 2.45) is 0 Å². The van der Waals surface area contributed by atoms with Crippen molar-refractivity contribution in [3.8, 4) is 0 Å². The number of aliphatic hydroxyl groups is 1. The van der Waals surface area contributed by atoms with Crippen molar-refractivity contribution in [2.45, 2.75) is 44.4 Å². The molecule has 9 nitrogen and oxygen atoms in total. The molecule has 0 spiro atoms. The van der Waals surface area contributed by atoms with Gasteiger partial charge >= 0.3 is 0 Å². The van der Waals surface area contributed by atoms with Crippen molar-refractivity contribution >= 4 is 11.7 Å². The molecular weight excluding hydrogens is 480 g/mol. The molecule has 9 heteroatoms. The summed E-state index contributed by atoms with van der Waals surface area (Å²) in [5, 5.41) is 11.2. The van der Waals surface area contributed by atoms with E-state index < -0.39 is 5.60 Å². The molecular formula is C29H38N6O3. The van der Waals surface area contributed by atoms with Crippen LogP contribution in [0.3, 0.4) is 0 Å². The number of pyridine rings is 1. The number of hydrogen-bond acceptors (Lipinski definition) is 7. The summed E-state index contributed by atoms with van der Waals surface area (Å²) in [4.78, 5) is 40.7. The van der Waals surface area contributed by atoms with Crippen LogP contribution < -0.4 is 10.5 Å². The molecule has 2 aliphatic rings. The number of carbonyl (C=O) groups excluding carboxylic acids is 1. The lowest BCUT2D eigenvalue weighted by Crippen LogP contribution is -2.50. The second kappa shape index (κ2) is 12.8. The Morgan fingerprint density at radius 2 is 1.82 bits per heavy atom. The normalized spacial score (nSPS) is 18.3.